The van der Waals surface area contributed by atoms with Gasteiger partial charge in [0.15, 0.2) is 0 Å². The average Bonchev–Trinajstić information content (AvgIpc) is 2.61. The van der Waals surface area contributed by atoms with E-state index in [0.717, 1.165) is 11.1 Å². The lowest BCUT2D eigenvalue weighted by Crippen LogP contribution is -2.33. The summed E-state index contributed by atoms with van der Waals surface area (Å²) in [5.41, 5.74) is 3.34. The Bertz CT molecular complexity index is 893. The van der Waals surface area contributed by atoms with Crippen molar-refractivity contribution in [2.24, 2.45) is 0 Å². The maximum absolute atomic E-state index is 12.5. The van der Waals surface area contributed by atoms with E-state index in [2.05, 4.69) is 11.2 Å². The van der Waals surface area contributed by atoms with Crippen LogP contribution in [0.25, 0.3) is 6.08 Å². The van der Waals surface area contributed by atoms with Crippen LogP contribution < -0.4 is 5.32 Å². The number of nitrogens with zero attached hydrogens (tertiary/aromatic N) is 1. The first-order valence-electron chi connectivity index (χ1n) is 8.01. The van der Waals surface area contributed by atoms with Gasteiger partial charge in [0, 0.05) is 24.4 Å². The fourth-order valence-electron chi connectivity index (χ4n) is 2.99. The summed E-state index contributed by atoms with van der Waals surface area (Å²) in [6.07, 6.45) is 9.19. The zero-order chi connectivity index (χ0) is 17.8. The number of carbonyl (C=O) groups is 2. The summed E-state index contributed by atoms with van der Waals surface area (Å²) in [7, 11) is 0. The maximum Gasteiger partial charge on any atom is 0.226 e. The molecule has 2 amide bonds. The zero-order valence-electron chi connectivity index (χ0n) is 13.9. The van der Waals surface area contributed by atoms with E-state index in [1.165, 1.54) is 6.92 Å². The van der Waals surface area contributed by atoms with Gasteiger partial charge in [-0.15, -0.1) is 6.42 Å². The quantitative estimate of drug-likeness (QED) is 0.875. The summed E-state index contributed by atoms with van der Waals surface area (Å²) in [6.45, 7) is 1.50. The third kappa shape index (κ3) is 3.61. The second-order valence-corrected chi connectivity index (χ2v) is 5.86. The number of fused-ring (bicyclic) bond motifs is 1. The number of benzene rings is 2. The number of hydrogen-bond acceptors (Lipinski definition) is 2. The molecule has 1 aliphatic rings. The largest absolute Gasteiger partial charge is 0.326 e. The molecule has 124 valence electrons. The lowest BCUT2D eigenvalue weighted by molar-refractivity contribution is -0.129. The number of nitrogens with one attached hydrogen (secondary N) is 1. The Labute approximate surface area is 147 Å². The molecule has 4 nitrogen and oxygen atoms in total. The first kappa shape index (κ1) is 16.5. The number of amides is 2. The van der Waals surface area contributed by atoms with Crippen LogP contribution in [0.3, 0.4) is 0 Å². The number of carbonyl (C=O) groups excluding carboxylic acids is 2. The normalized spacial score (nSPS) is 15.2. The van der Waals surface area contributed by atoms with Crippen LogP contribution in [0.1, 0.15) is 36.1 Å². The lowest BCUT2D eigenvalue weighted by Gasteiger charge is -2.32. The Morgan fingerprint density at radius 3 is 2.76 bits per heavy atom. The predicted molar refractivity (Wildman–Crippen MR) is 98.4 cm³/mol. The SMILES string of the molecule is C#Cc1cccc(NC(=O)C[C@@H]2c3ccccc3C=CN2C(C)=O)c1. The number of anilines is 1. The van der Waals surface area contributed by atoms with Gasteiger partial charge < -0.3 is 10.2 Å². The van der Waals surface area contributed by atoms with Gasteiger partial charge in [-0.3, -0.25) is 9.59 Å². The predicted octanol–water partition coefficient (Wildman–Crippen LogP) is 3.57. The van der Waals surface area contributed by atoms with Crippen molar-refractivity contribution in [1.29, 1.82) is 0 Å². The molecule has 1 aliphatic heterocycles. The van der Waals surface area contributed by atoms with E-state index in [9.17, 15) is 9.59 Å². The fourth-order valence-corrected chi connectivity index (χ4v) is 2.99. The zero-order valence-corrected chi connectivity index (χ0v) is 13.9. The summed E-state index contributed by atoms with van der Waals surface area (Å²) in [4.78, 5) is 26.1. The third-order valence-electron chi connectivity index (χ3n) is 4.16. The molecule has 2 aromatic carbocycles. The van der Waals surface area contributed by atoms with Crippen molar-refractivity contribution in [2.45, 2.75) is 19.4 Å². The van der Waals surface area contributed by atoms with Gasteiger partial charge in [-0.25, -0.2) is 0 Å². The van der Waals surface area contributed by atoms with Crippen molar-refractivity contribution in [3.63, 3.8) is 0 Å². The third-order valence-corrected chi connectivity index (χ3v) is 4.16. The van der Waals surface area contributed by atoms with Crippen molar-refractivity contribution in [2.75, 3.05) is 5.32 Å². The Morgan fingerprint density at radius 1 is 1.20 bits per heavy atom. The van der Waals surface area contributed by atoms with Crippen LogP contribution >= 0.6 is 0 Å². The highest BCUT2D eigenvalue weighted by Crippen LogP contribution is 2.33. The van der Waals surface area contributed by atoms with Crippen molar-refractivity contribution >= 4 is 23.6 Å². The maximum atomic E-state index is 12.5. The number of terminal acetylenes is 1. The Balaban J connectivity index is 1.81. The van der Waals surface area contributed by atoms with E-state index in [0.29, 0.717) is 11.3 Å². The molecule has 1 heterocycles. The summed E-state index contributed by atoms with van der Waals surface area (Å²) in [5.74, 6) is 2.27. The minimum atomic E-state index is -0.325. The molecule has 0 fully saturated rings. The molecule has 4 heteroatoms. The van der Waals surface area contributed by atoms with Crippen molar-refractivity contribution in [3.05, 3.63) is 71.4 Å². The van der Waals surface area contributed by atoms with Gasteiger partial charge in [-0.2, -0.15) is 0 Å². The van der Waals surface area contributed by atoms with E-state index < -0.39 is 0 Å². The van der Waals surface area contributed by atoms with Crippen LogP contribution in [0.4, 0.5) is 5.69 Å². The van der Waals surface area contributed by atoms with Gasteiger partial charge in [-0.05, 0) is 35.4 Å². The molecular weight excluding hydrogens is 312 g/mol. The second kappa shape index (κ2) is 7.06. The van der Waals surface area contributed by atoms with Crippen LogP contribution in [0.5, 0.6) is 0 Å². The molecule has 0 aliphatic carbocycles. The molecule has 25 heavy (non-hydrogen) atoms. The van der Waals surface area contributed by atoms with Crippen molar-refractivity contribution in [3.8, 4) is 12.3 Å². The van der Waals surface area contributed by atoms with E-state index in [4.69, 9.17) is 6.42 Å². The molecule has 0 radical (unpaired) electrons. The minimum absolute atomic E-state index is 0.0992. The standard InChI is InChI=1S/C21H18N2O2/c1-3-16-7-6-9-18(13-16)22-21(25)14-20-19-10-5-4-8-17(19)11-12-23(20)15(2)24/h1,4-13,20H,14H2,2H3,(H,22,25)/t20-/m1/s1. The summed E-state index contributed by atoms with van der Waals surface area (Å²) in [6, 6.07) is 14.6. The van der Waals surface area contributed by atoms with Crippen LogP contribution in [-0.2, 0) is 9.59 Å². The Morgan fingerprint density at radius 2 is 2.00 bits per heavy atom. The van der Waals surface area contributed by atoms with E-state index in [-0.39, 0.29) is 24.3 Å². The summed E-state index contributed by atoms with van der Waals surface area (Å²) < 4.78 is 0. The number of hydrogen-bond donors (Lipinski definition) is 1. The summed E-state index contributed by atoms with van der Waals surface area (Å²) >= 11 is 0. The van der Waals surface area contributed by atoms with Crippen LogP contribution in [-0.4, -0.2) is 16.7 Å². The Hall–Kier alpha value is -3.32. The molecule has 0 bridgehead atoms. The first-order chi connectivity index (χ1) is 12.1. The van der Waals surface area contributed by atoms with Crippen molar-refractivity contribution < 1.29 is 9.59 Å². The minimum Gasteiger partial charge on any atom is -0.326 e. The van der Waals surface area contributed by atoms with Gasteiger partial charge in [-0.1, -0.05) is 36.3 Å². The average molecular weight is 330 g/mol. The first-order valence-corrected chi connectivity index (χ1v) is 8.01. The molecule has 1 N–H and O–H groups in total. The van der Waals surface area contributed by atoms with Gasteiger partial charge in [0.2, 0.25) is 11.8 Å². The van der Waals surface area contributed by atoms with Crippen molar-refractivity contribution in [1.82, 2.24) is 4.90 Å². The molecule has 0 saturated heterocycles. The molecule has 1 atom stereocenters. The van der Waals surface area contributed by atoms with Crippen LogP contribution in [0.15, 0.2) is 54.7 Å². The Kier molecular flexibility index (Phi) is 4.67. The highest BCUT2D eigenvalue weighted by Gasteiger charge is 2.28. The van der Waals surface area contributed by atoms with Gasteiger partial charge in [0.1, 0.15) is 0 Å². The van der Waals surface area contributed by atoms with E-state index in [1.807, 2.05) is 30.3 Å². The fraction of sp³-hybridized carbons (Fsp3) is 0.143. The molecule has 0 saturated carbocycles. The second-order valence-electron chi connectivity index (χ2n) is 5.86. The molecule has 2 aromatic rings. The number of rotatable bonds is 3. The lowest BCUT2D eigenvalue weighted by atomic mass is 9.93. The monoisotopic (exact) mass is 330 g/mol. The highest BCUT2D eigenvalue weighted by molar-refractivity contribution is 5.92. The van der Waals surface area contributed by atoms with Crippen LogP contribution in [0, 0.1) is 12.3 Å². The topological polar surface area (TPSA) is 49.4 Å². The molecular formula is C21H18N2O2. The smallest absolute Gasteiger partial charge is 0.226 e. The van der Waals surface area contributed by atoms with Gasteiger partial charge in [0.25, 0.3) is 0 Å². The molecule has 3 rings (SSSR count). The van der Waals surface area contributed by atoms with Crippen LogP contribution in [0.2, 0.25) is 0 Å². The summed E-state index contributed by atoms with van der Waals surface area (Å²) in [5, 5.41) is 2.86. The molecule has 0 unspecified atom stereocenters. The molecule has 0 aromatic heterocycles. The van der Waals surface area contributed by atoms with E-state index in [1.54, 1.807) is 35.4 Å². The van der Waals surface area contributed by atoms with Gasteiger partial charge in [0.05, 0.1) is 12.5 Å². The van der Waals surface area contributed by atoms with Gasteiger partial charge >= 0.3 is 0 Å². The van der Waals surface area contributed by atoms with E-state index >= 15 is 0 Å². The highest BCUT2D eigenvalue weighted by atomic mass is 16.2. The molecule has 0 spiro atoms.